The SMILES string of the molecule is CC12COC(CCCO)(OC1)O2. The first-order chi connectivity index (χ1) is 5.68. The molecule has 0 saturated carbocycles. The van der Waals surface area contributed by atoms with Crippen molar-refractivity contribution in [3.05, 3.63) is 0 Å². The van der Waals surface area contributed by atoms with E-state index in [0.29, 0.717) is 26.1 Å². The molecule has 2 saturated heterocycles. The molecule has 2 bridgehead atoms. The fraction of sp³-hybridized carbons (Fsp3) is 1.00. The maximum atomic E-state index is 8.65. The van der Waals surface area contributed by atoms with Gasteiger partial charge >= 0.3 is 0 Å². The fourth-order valence-corrected chi connectivity index (χ4v) is 1.59. The van der Waals surface area contributed by atoms with E-state index in [-0.39, 0.29) is 12.2 Å². The Bertz CT molecular complexity index is 172. The van der Waals surface area contributed by atoms with Crippen molar-refractivity contribution in [2.75, 3.05) is 19.8 Å². The number of rotatable bonds is 3. The van der Waals surface area contributed by atoms with Gasteiger partial charge in [-0.2, -0.15) is 0 Å². The molecule has 4 heteroatoms. The number of fused-ring (bicyclic) bond motifs is 2. The van der Waals surface area contributed by atoms with Crippen molar-refractivity contribution in [3.63, 3.8) is 0 Å². The van der Waals surface area contributed by atoms with Crippen molar-refractivity contribution in [2.24, 2.45) is 0 Å². The highest BCUT2D eigenvalue weighted by Gasteiger charge is 2.55. The van der Waals surface area contributed by atoms with Gasteiger partial charge in [-0.05, 0) is 13.3 Å². The molecule has 0 aromatic rings. The van der Waals surface area contributed by atoms with E-state index in [1.807, 2.05) is 6.92 Å². The van der Waals surface area contributed by atoms with Crippen molar-refractivity contribution in [3.8, 4) is 0 Å². The van der Waals surface area contributed by atoms with Gasteiger partial charge in [0.1, 0.15) is 5.60 Å². The van der Waals surface area contributed by atoms with Crippen molar-refractivity contribution in [2.45, 2.75) is 31.3 Å². The lowest BCUT2D eigenvalue weighted by molar-refractivity contribution is -0.302. The van der Waals surface area contributed by atoms with E-state index in [2.05, 4.69) is 0 Å². The quantitative estimate of drug-likeness (QED) is 0.666. The Morgan fingerprint density at radius 1 is 1.33 bits per heavy atom. The number of hydrogen-bond donors (Lipinski definition) is 1. The Morgan fingerprint density at radius 2 is 2.00 bits per heavy atom. The van der Waals surface area contributed by atoms with Gasteiger partial charge in [0, 0.05) is 13.0 Å². The molecule has 2 aliphatic heterocycles. The lowest BCUT2D eigenvalue weighted by Crippen LogP contribution is -2.33. The smallest absolute Gasteiger partial charge is 0.283 e. The van der Waals surface area contributed by atoms with E-state index in [1.54, 1.807) is 0 Å². The van der Waals surface area contributed by atoms with E-state index in [9.17, 15) is 0 Å². The van der Waals surface area contributed by atoms with Gasteiger partial charge in [0.25, 0.3) is 5.97 Å². The van der Waals surface area contributed by atoms with Gasteiger partial charge in [-0.15, -0.1) is 0 Å². The summed E-state index contributed by atoms with van der Waals surface area (Å²) in [5, 5.41) is 8.65. The molecule has 0 atom stereocenters. The normalized spacial score (nSPS) is 45.5. The van der Waals surface area contributed by atoms with E-state index in [1.165, 1.54) is 0 Å². The molecule has 2 aliphatic rings. The zero-order chi connectivity index (χ0) is 8.66. The summed E-state index contributed by atoms with van der Waals surface area (Å²) >= 11 is 0. The van der Waals surface area contributed by atoms with Crippen LogP contribution in [0.1, 0.15) is 19.8 Å². The summed E-state index contributed by atoms with van der Waals surface area (Å²) in [6, 6.07) is 0. The van der Waals surface area contributed by atoms with Crippen molar-refractivity contribution >= 4 is 0 Å². The molecule has 0 unspecified atom stereocenters. The molecule has 0 spiro atoms. The molecule has 0 aromatic heterocycles. The average Bonchev–Trinajstić information content (AvgIpc) is 2.55. The summed E-state index contributed by atoms with van der Waals surface area (Å²) in [7, 11) is 0. The zero-order valence-corrected chi connectivity index (χ0v) is 7.21. The first kappa shape index (κ1) is 8.44. The second-order valence-electron chi connectivity index (χ2n) is 3.64. The molecule has 0 aliphatic carbocycles. The summed E-state index contributed by atoms with van der Waals surface area (Å²) in [4.78, 5) is 0. The standard InChI is InChI=1S/C8H14O4/c1-7-5-10-8(12-7,11-6-7)3-2-4-9/h9H,2-6H2,1H3. The monoisotopic (exact) mass is 174 g/mol. The zero-order valence-electron chi connectivity index (χ0n) is 7.21. The van der Waals surface area contributed by atoms with Crippen LogP contribution in [0, 0.1) is 0 Å². The van der Waals surface area contributed by atoms with Crippen LogP contribution in [0.3, 0.4) is 0 Å². The van der Waals surface area contributed by atoms with Crippen LogP contribution in [0.25, 0.3) is 0 Å². The van der Waals surface area contributed by atoms with Crippen molar-refractivity contribution in [1.29, 1.82) is 0 Å². The average molecular weight is 174 g/mol. The van der Waals surface area contributed by atoms with E-state index in [0.717, 1.165) is 0 Å². The Labute approximate surface area is 71.4 Å². The van der Waals surface area contributed by atoms with Crippen LogP contribution in [-0.4, -0.2) is 36.5 Å². The van der Waals surface area contributed by atoms with Gasteiger partial charge < -0.3 is 19.3 Å². The van der Waals surface area contributed by atoms with Crippen molar-refractivity contribution < 1.29 is 19.3 Å². The predicted molar refractivity (Wildman–Crippen MR) is 40.4 cm³/mol. The van der Waals surface area contributed by atoms with Crippen LogP contribution >= 0.6 is 0 Å². The maximum absolute atomic E-state index is 8.65. The number of hydrogen-bond acceptors (Lipinski definition) is 4. The molecule has 0 radical (unpaired) electrons. The summed E-state index contributed by atoms with van der Waals surface area (Å²) in [5.74, 6) is -0.836. The molecule has 1 N–H and O–H groups in total. The Morgan fingerprint density at radius 3 is 2.42 bits per heavy atom. The minimum atomic E-state index is -0.836. The Hall–Kier alpha value is -0.160. The third kappa shape index (κ3) is 1.25. The highest BCUT2D eigenvalue weighted by molar-refractivity contribution is 4.89. The van der Waals surface area contributed by atoms with E-state index < -0.39 is 5.97 Å². The molecule has 0 aromatic carbocycles. The van der Waals surface area contributed by atoms with Crippen LogP contribution in [-0.2, 0) is 14.2 Å². The van der Waals surface area contributed by atoms with Gasteiger partial charge in [-0.3, -0.25) is 0 Å². The molecule has 12 heavy (non-hydrogen) atoms. The van der Waals surface area contributed by atoms with Crippen LogP contribution in [0.2, 0.25) is 0 Å². The summed E-state index contributed by atoms with van der Waals surface area (Å²) in [6.45, 7) is 3.31. The second-order valence-corrected chi connectivity index (χ2v) is 3.64. The lowest BCUT2D eigenvalue weighted by Gasteiger charge is -2.23. The van der Waals surface area contributed by atoms with Crippen LogP contribution in [0.4, 0.5) is 0 Å². The Kier molecular flexibility index (Phi) is 1.88. The van der Waals surface area contributed by atoms with E-state index in [4.69, 9.17) is 19.3 Å². The fourth-order valence-electron chi connectivity index (χ4n) is 1.59. The third-order valence-corrected chi connectivity index (χ3v) is 2.24. The number of aliphatic hydroxyl groups excluding tert-OH is 1. The molecule has 2 heterocycles. The first-order valence-electron chi connectivity index (χ1n) is 4.27. The molecule has 4 nitrogen and oxygen atoms in total. The van der Waals surface area contributed by atoms with Crippen molar-refractivity contribution in [1.82, 2.24) is 0 Å². The first-order valence-corrected chi connectivity index (χ1v) is 4.27. The molecule has 2 rings (SSSR count). The van der Waals surface area contributed by atoms with Crippen LogP contribution < -0.4 is 0 Å². The van der Waals surface area contributed by atoms with Gasteiger partial charge in [-0.1, -0.05) is 0 Å². The molecule has 0 amide bonds. The minimum Gasteiger partial charge on any atom is -0.396 e. The summed E-state index contributed by atoms with van der Waals surface area (Å²) < 4.78 is 16.4. The number of ether oxygens (including phenoxy) is 3. The minimum absolute atomic E-state index is 0.147. The Balaban J connectivity index is 1.96. The van der Waals surface area contributed by atoms with Gasteiger partial charge in [0.15, 0.2) is 0 Å². The van der Waals surface area contributed by atoms with Crippen LogP contribution in [0.15, 0.2) is 0 Å². The van der Waals surface area contributed by atoms with E-state index >= 15 is 0 Å². The summed E-state index contributed by atoms with van der Waals surface area (Å²) in [5.41, 5.74) is -0.255. The topological polar surface area (TPSA) is 47.9 Å². The molecular formula is C8H14O4. The molecule has 2 fully saturated rings. The van der Waals surface area contributed by atoms with Crippen LogP contribution in [0.5, 0.6) is 0 Å². The summed E-state index contributed by atoms with van der Waals surface area (Å²) in [6.07, 6.45) is 1.26. The third-order valence-electron chi connectivity index (χ3n) is 2.24. The number of aliphatic hydroxyl groups is 1. The largest absolute Gasteiger partial charge is 0.396 e. The highest BCUT2D eigenvalue weighted by atomic mass is 16.9. The maximum Gasteiger partial charge on any atom is 0.283 e. The molecular weight excluding hydrogens is 160 g/mol. The van der Waals surface area contributed by atoms with Gasteiger partial charge in [-0.25, -0.2) is 0 Å². The second kappa shape index (κ2) is 2.67. The van der Waals surface area contributed by atoms with Gasteiger partial charge in [0.05, 0.1) is 13.2 Å². The molecule has 70 valence electrons. The van der Waals surface area contributed by atoms with Gasteiger partial charge in [0.2, 0.25) is 0 Å². The highest BCUT2D eigenvalue weighted by Crippen LogP contribution is 2.42. The predicted octanol–water partition coefficient (Wildman–Crippen LogP) is 0.248. The lowest BCUT2D eigenvalue weighted by atomic mass is 10.1.